The van der Waals surface area contributed by atoms with Crippen LogP contribution in [0.4, 0.5) is 0 Å². The number of rotatable bonds is 13. The summed E-state index contributed by atoms with van der Waals surface area (Å²) in [5.74, 6) is 0.492. The molecule has 60 heavy (non-hydrogen) atoms. The number of carbonyl (C=O) groups is 2. The fraction of sp³-hybridized carbons (Fsp3) is 0.409. The quantitative estimate of drug-likeness (QED) is 0.0970. The van der Waals surface area contributed by atoms with E-state index in [1.54, 1.807) is 35.6 Å². The Hall–Kier alpha value is -5.35. The van der Waals surface area contributed by atoms with E-state index in [9.17, 15) is 19.8 Å². The number of aryl methyl sites for hydroxylation is 1. The Morgan fingerprint density at radius 2 is 1.83 bits per heavy atom. The molecule has 6 aromatic rings. The number of β-amino-alcohol motifs (C(OH)–C–C–N with tert-alkyl or cyclic N) is 1. The number of amides is 2. The first-order chi connectivity index (χ1) is 28.9. The van der Waals surface area contributed by atoms with E-state index in [0.717, 1.165) is 45.9 Å². The minimum absolute atomic E-state index is 0.0504. The number of para-hydroxylation sites is 1. The number of carbonyl (C=O) groups excluding carboxylic acids is 2. The molecule has 6 heterocycles. The Morgan fingerprint density at radius 1 is 1.07 bits per heavy atom. The number of nitrogens with one attached hydrogen (secondary N) is 2. The van der Waals surface area contributed by atoms with Crippen molar-refractivity contribution >= 4 is 45.8 Å². The van der Waals surface area contributed by atoms with Crippen LogP contribution in [0.2, 0.25) is 5.02 Å². The molecule has 9 rings (SSSR count). The number of fused-ring (bicyclic) bond motifs is 2. The number of aromatic nitrogens is 5. The van der Waals surface area contributed by atoms with E-state index in [-0.39, 0.29) is 42.5 Å². The van der Waals surface area contributed by atoms with Crippen molar-refractivity contribution in [1.82, 2.24) is 40.4 Å². The van der Waals surface area contributed by atoms with Gasteiger partial charge in [-0.2, -0.15) is 0 Å². The fourth-order valence-corrected chi connectivity index (χ4v) is 10.3. The standard InChI is InChI=1S/C44H47ClN8O6S/c1-22(2)37(44(57)53-18-27(54)15-33(53)43(56)47-23(3)25-9-11-26(12-10-25)41-24(4)46-21-60-41)35-17-36(51-59-35)58-14-13-52-19-30-31(20-52)38(30)40-39(45)29-16-32(49-50-42(29)48-40)28-7-5-6-8-34(28)55/h5-12,16-17,21-23,27,30-31,33,37-38,54-55H,13-15,18-20H2,1-4H3,(H,47,56)(H,48,50)/t23-,27+,30-,31+,33-,37+,38?/m0/s1. The van der Waals surface area contributed by atoms with Crippen molar-refractivity contribution in [3.8, 4) is 33.3 Å². The number of hydrogen-bond donors (Lipinski definition) is 4. The number of H-pyrrole nitrogens is 1. The third-order valence-electron chi connectivity index (χ3n) is 12.3. The molecule has 0 radical (unpaired) electrons. The zero-order chi connectivity index (χ0) is 41.8. The molecule has 0 bridgehead atoms. The van der Waals surface area contributed by atoms with Gasteiger partial charge in [0.05, 0.1) is 38.9 Å². The van der Waals surface area contributed by atoms with Crippen molar-refractivity contribution in [2.75, 3.05) is 32.8 Å². The Labute approximate surface area is 355 Å². The summed E-state index contributed by atoms with van der Waals surface area (Å²) in [5.41, 5.74) is 7.59. The largest absolute Gasteiger partial charge is 0.507 e. The molecule has 1 aliphatic carbocycles. The Morgan fingerprint density at radius 3 is 2.55 bits per heavy atom. The molecular weight excluding hydrogens is 804 g/mol. The molecule has 1 unspecified atom stereocenters. The second kappa shape index (κ2) is 16.3. The highest BCUT2D eigenvalue weighted by atomic mass is 35.5. The summed E-state index contributed by atoms with van der Waals surface area (Å²) < 4.78 is 11.7. The van der Waals surface area contributed by atoms with Gasteiger partial charge in [0.25, 0.3) is 5.88 Å². The predicted molar refractivity (Wildman–Crippen MR) is 227 cm³/mol. The van der Waals surface area contributed by atoms with Crippen LogP contribution >= 0.6 is 22.9 Å². The fourth-order valence-electron chi connectivity index (χ4n) is 9.14. The number of phenols is 1. The molecule has 2 saturated heterocycles. The number of aliphatic hydroxyl groups excluding tert-OH is 1. The molecule has 7 atom stereocenters. The molecule has 4 aromatic heterocycles. The minimum atomic E-state index is -0.830. The van der Waals surface area contributed by atoms with Crippen LogP contribution in [0.15, 0.2) is 70.7 Å². The second-order valence-electron chi connectivity index (χ2n) is 16.6. The summed E-state index contributed by atoms with van der Waals surface area (Å²) >= 11 is 8.50. The highest BCUT2D eigenvalue weighted by molar-refractivity contribution is 7.13. The topological polar surface area (TPSA) is 183 Å². The lowest BCUT2D eigenvalue weighted by molar-refractivity contribution is -0.141. The van der Waals surface area contributed by atoms with Crippen LogP contribution in [0.25, 0.3) is 32.7 Å². The van der Waals surface area contributed by atoms with Crippen molar-refractivity contribution in [3.05, 3.63) is 93.9 Å². The van der Waals surface area contributed by atoms with Gasteiger partial charge in [0.1, 0.15) is 24.3 Å². The van der Waals surface area contributed by atoms with Crippen molar-refractivity contribution < 1.29 is 29.1 Å². The third-order valence-corrected chi connectivity index (χ3v) is 13.7. The number of thiazole rings is 1. The van der Waals surface area contributed by atoms with Crippen LogP contribution in [0.1, 0.15) is 67.8 Å². The number of hydrogen-bond acceptors (Lipinski definition) is 12. The van der Waals surface area contributed by atoms with E-state index < -0.39 is 18.1 Å². The Kier molecular flexibility index (Phi) is 10.9. The van der Waals surface area contributed by atoms with E-state index in [1.165, 1.54) is 4.90 Å². The zero-order valence-corrected chi connectivity index (χ0v) is 35.3. The van der Waals surface area contributed by atoms with Gasteiger partial charge < -0.3 is 34.7 Å². The van der Waals surface area contributed by atoms with Crippen molar-refractivity contribution in [3.63, 3.8) is 0 Å². The number of aromatic hydroxyl groups is 1. The van der Waals surface area contributed by atoms with Crippen LogP contribution < -0.4 is 10.1 Å². The molecule has 1 saturated carbocycles. The number of phenolic OH excluding ortho intramolecular Hbond substituents is 1. The van der Waals surface area contributed by atoms with E-state index in [2.05, 4.69) is 35.5 Å². The highest BCUT2D eigenvalue weighted by Crippen LogP contribution is 2.59. The number of nitrogens with zero attached hydrogens (tertiary/aromatic N) is 6. The molecular formula is C44H47ClN8O6S. The zero-order valence-electron chi connectivity index (χ0n) is 33.7. The van der Waals surface area contributed by atoms with Gasteiger partial charge >= 0.3 is 0 Å². The van der Waals surface area contributed by atoms with Gasteiger partial charge in [-0.1, -0.05) is 61.8 Å². The molecule has 2 aliphatic heterocycles. The minimum Gasteiger partial charge on any atom is -0.507 e. The van der Waals surface area contributed by atoms with Gasteiger partial charge in [-0.15, -0.1) is 21.5 Å². The molecule has 3 aliphatic rings. The summed E-state index contributed by atoms with van der Waals surface area (Å²) in [4.78, 5) is 40.5. The van der Waals surface area contributed by atoms with Crippen LogP contribution in [0.5, 0.6) is 11.6 Å². The van der Waals surface area contributed by atoms with Gasteiger partial charge in [0, 0.05) is 61.2 Å². The second-order valence-corrected chi connectivity index (χ2v) is 17.9. The molecule has 16 heteroatoms. The van der Waals surface area contributed by atoms with Gasteiger partial charge in [-0.3, -0.25) is 14.5 Å². The number of ether oxygens (including phenoxy) is 1. The number of benzene rings is 2. The van der Waals surface area contributed by atoms with Crippen LogP contribution in [0, 0.1) is 24.7 Å². The summed E-state index contributed by atoms with van der Waals surface area (Å²) in [5, 5.41) is 38.3. The summed E-state index contributed by atoms with van der Waals surface area (Å²) in [6.45, 7) is 10.7. The van der Waals surface area contributed by atoms with Gasteiger partial charge in [0.2, 0.25) is 11.8 Å². The number of aromatic amines is 1. The number of aliphatic hydroxyl groups is 1. The van der Waals surface area contributed by atoms with E-state index in [1.807, 2.05) is 69.6 Å². The smallest absolute Gasteiger partial charge is 0.254 e. The Bertz CT molecular complexity index is 2530. The monoisotopic (exact) mass is 850 g/mol. The maximum Gasteiger partial charge on any atom is 0.254 e. The molecule has 3 fully saturated rings. The van der Waals surface area contributed by atoms with Gasteiger partial charge in [-0.25, -0.2) is 4.98 Å². The lowest BCUT2D eigenvalue weighted by Gasteiger charge is -2.29. The van der Waals surface area contributed by atoms with E-state index in [4.69, 9.17) is 20.9 Å². The SMILES string of the molecule is Cc1ncsc1-c1ccc([C@H](C)NC(=O)[C@@H]2C[C@@H](O)CN2C(=O)[C@@H](c2cc(OCCN3C[C@@H]4C(c5[nH]c6nnc(-c7ccccc7O)cc6c5Cl)[C@@H]4C3)no2)C(C)C)cc1. The Balaban J connectivity index is 0.779. The van der Waals surface area contributed by atoms with Crippen LogP contribution in [-0.4, -0.2) is 102 Å². The lowest BCUT2D eigenvalue weighted by Crippen LogP contribution is -2.48. The average Bonchev–Trinajstić information content (AvgIpc) is 3.90. The maximum atomic E-state index is 14.2. The molecule has 2 aromatic carbocycles. The molecule has 312 valence electrons. The summed E-state index contributed by atoms with van der Waals surface area (Å²) in [7, 11) is 0. The molecule has 2 amide bonds. The van der Waals surface area contributed by atoms with Crippen molar-refractivity contribution in [1.29, 1.82) is 0 Å². The van der Waals surface area contributed by atoms with Crippen molar-refractivity contribution in [2.24, 2.45) is 17.8 Å². The predicted octanol–water partition coefficient (Wildman–Crippen LogP) is 6.71. The van der Waals surface area contributed by atoms with Crippen LogP contribution in [-0.2, 0) is 9.59 Å². The first-order valence-electron chi connectivity index (χ1n) is 20.4. The first kappa shape index (κ1) is 40.1. The average molecular weight is 851 g/mol. The van der Waals surface area contributed by atoms with Crippen LogP contribution in [0.3, 0.4) is 0 Å². The molecule has 4 N–H and O–H groups in total. The van der Waals surface area contributed by atoms with Gasteiger partial charge in [0.15, 0.2) is 11.4 Å². The molecule has 14 nitrogen and oxygen atoms in total. The lowest BCUT2D eigenvalue weighted by atomic mass is 9.91. The normalized spacial score (nSPS) is 22.3. The number of likely N-dealkylation sites (tertiary alicyclic amines) is 2. The molecule has 0 spiro atoms. The third kappa shape index (κ3) is 7.63. The summed E-state index contributed by atoms with van der Waals surface area (Å²) in [6, 6.07) is 17.4. The summed E-state index contributed by atoms with van der Waals surface area (Å²) in [6.07, 6.45) is -0.679. The number of piperidine rings is 1. The van der Waals surface area contributed by atoms with Gasteiger partial charge in [-0.05, 0) is 66.1 Å². The highest BCUT2D eigenvalue weighted by Gasteiger charge is 2.57. The van der Waals surface area contributed by atoms with Crippen molar-refractivity contribution in [2.45, 2.75) is 64.1 Å². The number of halogens is 1. The van der Waals surface area contributed by atoms with E-state index in [0.29, 0.717) is 64.5 Å². The van der Waals surface area contributed by atoms with E-state index >= 15 is 0 Å². The first-order valence-corrected chi connectivity index (χ1v) is 21.6. The maximum absolute atomic E-state index is 14.2.